The second kappa shape index (κ2) is 10.6. The van der Waals surface area contributed by atoms with E-state index in [2.05, 4.69) is 10.1 Å². The molecule has 38 heavy (non-hydrogen) atoms. The highest BCUT2D eigenvalue weighted by atomic mass is 32.2. The summed E-state index contributed by atoms with van der Waals surface area (Å²) in [5, 5.41) is 11.9. The summed E-state index contributed by atoms with van der Waals surface area (Å²) in [5.74, 6) is -3.31. The van der Waals surface area contributed by atoms with Gasteiger partial charge in [-0.15, -0.1) is 0 Å². The van der Waals surface area contributed by atoms with E-state index in [4.69, 9.17) is 5.73 Å². The number of nitriles is 1. The maximum atomic E-state index is 13.6. The van der Waals surface area contributed by atoms with Gasteiger partial charge in [-0.3, -0.25) is 19.3 Å². The Morgan fingerprint density at radius 3 is 2.39 bits per heavy atom. The van der Waals surface area contributed by atoms with Crippen LogP contribution in [0.3, 0.4) is 0 Å². The van der Waals surface area contributed by atoms with Crippen LogP contribution in [-0.2, 0) is 31.8 Å². The van der Waals surface area contributed by atoms with E-state index in [0.29, 0.717) is 0 Å². The predicted molar refractivity (Wildman–Crippen MR) is 131 cm³/mol. The Labute approximate surface area is 219 Å². The molecule has 0 unspecified atom stereocenters. The van der Waals surface area contributed by atoms with Crippen LogP contribution in [0.15, 0.2) is 76.6 Å². The third-order valence-electron chi connectivity index (χ3n) is 6.09. The number of carbonyl (C=O) groups excluding carboxylic acids is 3. The largest absolute Gasteiger partial charge is 0.469 e. The zero-order chi connectivity index (χ0) is 27.6. The number of nitrogens with two attached hydrogens (primary N) is 1. The number of alkyl halides is 3. The Kier molecular flexibility index (Phi) is 7.50. The van der Waals surface area contributed by atoms with Gasteiger partial charge in [0.25, 0.3) is 5.91 Å². The molecular weight excluding hydrogens is 521 g/mol. The summed E-state index contributed by atoms with van der Waals surface area (Å²) in [6.45, 7) is 0.113. The summed E-state index contributed by atoms with van der Waals surface area (Å²) in [6, 6.07) is 14.9. The molecule has 2 amide bonds. The van der Waals surface area contributed by atoms with E-state index < -0.39 is 40.7 Å². The zero-order valence-corrected chi connectivity index (χ0v) is 20.7. The standard InChI is InChI=1S/C26H21F3N4O4S/c1-37-19(34)11-18-24(36)33-22(31)17(12-30)20(15-7-9-16(10-8-15)26(27,28)29)21(25(33)38-18)23(35)32-13-14-5-3-2-4-6-14/h2-10,18,20H,11,13,31H2,1H3,(H,32,35)/t18-,20-/m1/s1. The van der Waals surface area contributed by atoms with E-state index in [1.54, 1.807) is 24.3 Å². The summed E-state index contributed by atoms with van der Waals surface area (Å²) in [6.07, 6.45) is -4.89. The normalized spacial score (nSPS) is 19.2. The van der Waals surface area contributed by atoms with Crippen LogP contribution >= 0.6 is 11.8 Å². The fourth-order valence-corrected chi connectivity index (χ4v) is 5.54. The van der Waals surface area contributed by atoms with Crippen molar-refractivity contribution in [3.63, 3.8) is 0 Å². The lowest BCUT2D eigenvalue weighted by Crippen LogP contribution is -2.40. The summed E-state index contributed by atoms with van der Waals surface area (Å²) in [5.41, 5.74) is 6.11. The lowest BCUT2D eigenvalue weighted by atomic mass is 9.82. The van der Waals surface area contributed by atoms with Crippen LogP contribution in [0.4, 0.5) is 13.2 Å². The van der Waals surface area contributed by atoms with Crippen molar-refractivity contribution < 1.29 is 32.3 Å². The van der Waals surface area contributed by atoms with Crippen molar-refractivity contribution in [2.24, 2.45) is 5.73 Å². The fraction of sp³-hybridized carbons (Fsp3) is 0.231. The molecule has 3 N–H and O–H groups in total. The topological polar surface area (TPSA) is 126 Å². The molecule has 12 heteroatoms. The number of esters is 1. The minimum Gasteiger partial charge on any atom is -0.469 e. The molecule has 0 bridgehead atoms. The number of thioether (sulfide) groups is 1. The summed E-state index contributed by atoms with van der Waals surface area (Å²) >= 11 is 0.917. The Morgan fingerprint density at radius 1 is 1.16 bits per heavy atom. The first kappa shape index (κ1) is 26.8. The van der Waals surface area contributed by atoms with E-state index in [-0.39, 0.29) is 40.5 Å². The fourth-order valence-electron chi connectivity index (χ4n) is 4.22. The van der Waals surface area contributed by atoms with Gasteiger partial charge in [-0.05, 0) is 23.3 Å². The highest BCUT2D eigenvalue weighted by Gasteiger charge is 2.48. The van der Waals surface area contributed by atoms with Gasteiger partial charge >= 0.3 is 12.1 Å². The SMILES string of the molecule is COC(=O)C[C@H]1SC2=C(C(=O)NCc3ccccc3)[C@H](c3ccc(C(F)(F)F)cc3)C(C#N)=C(N)N2C1=O. The molecule has 2 atom stereocenters. The summed E-state index contributed by atoms with van der Waals surface area (Å²) in [4.78, 5) is 39.7. The van der Waals surface area contributed by atoms with Gasteiger partial charge in [0.2, 0.25) is 5.91 Å². The predicted octanol–water partition coefficient (Wildman–Crippen LogP) is 3.53. The third kappa shape index (κ3) is 5.10. The molecule has 2 aromatic rings. The van der Waals surface area contributed by atoms with E-state index in [1.165, 1.54) is 19.2 Å². The second-order valence-corrected chi connectivity index (χ2v) is 9.60. The van der Waals surface area contributed by atoms with Crippen LogP contribution in [0, 0.1) is 11.3 Å². The van der Waals surface area contributed by atoms with Crippen LogP contribution in [-0.4, -0.2) is 35.0 Å². The molecule has 0 spiro atoms. The Morgan fingerprint density at radius 2 is 1.82 bits per heavy atom. The first-order valence-electron chi connectivity index (χ1n) is 11.3. The van der Waals surface area contributed by atoms with Crippen LogP contribution < -0.4 is 11.1 Å². The van der Waals surface area contributed by atoms with Gasteiger partial charge in [0.05, 0.1) is 47.3 Å². The highest BCUT2D eigenvalue weighted by molar-refractivity contribution is 8.04. The monoisotopic (exact) mass is 542 g/mol. The van der Waals surface area contributed by atoms with Gasteiger partial charge in [-0.25, -0.2) is 0 Å². The van der Waals surface area contributed by atoms with E-state index in [1.807, 2.05) is 12.1 Å². The Balaban J connectivity index is 1.82. The van der Waals surface area contributed by atoms with Gasteiger partial charge in [0.15, 0.2) is 0 Å². The molecule has 4 rings (SSSR count). The maximum Gasteiger partial charge on any atom is 0.416 e. The van der Waals surface area contributed by atoms with Crippen molar-refractivity contribution in [2.45, 2.75) is 30.3 Å². The number of methoxy groups -OCH3 is 1. The molecule has 1 saturated heterocycles. The highest BCUT2D eigenvalue weighted by Crippen LogP contribution is 2.50. The van der Waals surface area contributed by atoms with Gasteiger partial charge in [-0.1, -0.05) is 54.2 Å². The lowest BCUT2D eigenvalue weighted by Gasteiger charge is -2.32. The second-order valence-electron chi connectivity index (χ2n) is 8.41. The molecule has 0 aliphatic carbocycles. The quantitative estimate of drug-likeness (QED) is 0.535. The van der Waals surface area contributed by atoms with Crippen LogP contribution in [0.25, 0.3) is 0 Å². The van der Waals surface area contributed by atoms with Crippen molar-refractivity contribution in [3.05, 3.63) is 93.3 Å². The van der Waals surface area contributed by atoms with Crippen molar-refractivity contribution in [2.75, 3.05) is 7.11 Å². The van der Waals surface area contributed by atoms with E-state index in [9.17, 15) is 32.8 Å². The molecule has 2 aliphatic heterocycles. The number of benzene rings is 2. The molecule has 2 aromatic carbocycles. The first-order valence-corrected chi connectivity index (χ1v) is 12.1. The maximum absolute atomic E-state index is 13.6. The minimum atomic E-state index is -4.59. The molecule has 0 radical (unpaired) electrons. The lowest BCUT2D eigenvalue weighted by molar-refractivity contribution is -0.142. The number of hydrogen-bond acceptors (Lipinski definition) is 7. The molecule has 1 fully saturated rings. The number of rotatable bonds is 6. The van der Waals surface area contributed by atoms with Crippen LogP contribution in [0.2, 0.25) is 0 Å². The zero-order valence-electron chi connectivity index (χ0n) is 19.9. The van der Waals surface area contributed by atoms with Crippen molar-refractivity contribution in [1.82, 2.24) is 10.2 Å². The molecule has 0 saturated carbocycles. The molecule has 8 nitrogen and oxygen atoms in total. The first-order chi connectivity index (χ1) is 18.1. The molecule has 2 heterocycles. The van der Waals surface area contributed by atoms with E-state index in [0.717, 1.165) is 34.4 Å². The third-order valence-corrected chi connectivity index (χ3v) is 7.37. The average molecular weight is 543 g/mol. The minimum absolute atomic E-state index is 0.0304. The van der Waals surface area contributed by atoms with Gasteiger partial charge in [0, 0.05) is 6.54 Å². The van der Waals surface area contributed by atoms with Crippen molar-refractivity contribution >= 4 is 29.5 Å². The number of nitrogens with one attached hydrogen (secondary N) is 1. The number of halogens is 3. The number of hydrogen-bond donors (Lipinski definition) is 2. The van der Waals surface area contributed by atoms with Gasteiger partial charge in [0.1, 0.15) is 11.1 Å². The van der Waals surface area contributed by atoms with Gasteiger partial charge < -0.3 is 15.8 Å². The van der Waals surface area contributed by atoms with Crippen LogP contribution in [0.5, 0.6) is 0 Å². The number of carbonyl (C=O) groups is 3. The Hall–Kier alpha value is -4.24. The molecule has 0 aromatic heterocycles. The van der Waals surface area contributed by atoms with Crippen molar-refractivity contribution in [3.8, 4) is 6.07 Å². The number of fused-ring (bicyclic) bond motifs is 1. The number of amides is 2. The van der Waals surface area contributed by atoms with Crippen molar-refractivity contribution in [1.29, 1.82) is 5.26 Å². The summed E-state index contributed by atoms with van der Waals surface area (Å²) < 4.78 is 44.2. The number of allylic oxidation sites excluding steroid dienone is 1. The Bertz CT molecular complexity index is 1380. The molecule has 2 aliphatic rings. The van der Waals surface area contributed by atoms with E-state index >= 15 is 0 Å². The average Bonchev–Trinajstić information content (AvgIpc) is 3.22. The number of nitrogens with zero attached hydrogens (tertiary/aromatic N) is 2. The number of ether oxygens (including phenoxy) is 1. The molecular formula is C26H21F3N4O4S. The summed E-state index contributed by atoms with van der Waals surface area (Å²) in [7, 11) is 1.17. The smallest absolute Gasteiger partial charge is 0.416 e. The van der Waals surface area contributed by atoms with Gasteiger partial charge in [-0.2, -0.15) is 18.4 Å². The van der Waals surface area contributed by atoms with Crippen LogP contribution in [0.1, 0.15) is 29.0 Å². The molecule has 196 valence electrons.